The normalized spacial score (nSPS) is 10.9. The number of hydrogen-bond acceptors (Lipinski definition) is 4. The first-order valence-electron chi connectivity index (χ1n) is 6.68. The summed E-state index contributed by atoms with van der Waals surface area (Å²) in [5.74, 6) is -0.118. The number of benzene rings is 1. The third kappa shape index (κ3) is 2.35. The van der Waals surface area contributed by atoms with E-state index < -0.39 is 5.97 Å². The van der Waals surface area contributed by atoms with Crippen LogP contribution in [0.2, 0.25) is 0 Å². The van der Waals surface area contributed by atoms with E-state index in [2.05, 4.69) is 15.2 Å². The van der Waals surface area contributed by atoms with Crippen molar-refractivity contribution in [3.8, 4) is 0 Å². The van der Waals surface area contributed by atoms with Crippen LogP contribution in [0.5, 0.6) is 0 Å². The van der Waals surface area contributed by atoms with Crippen LogP contribution in [-0.2, 0) is 13.0 Å². The van der Waals surface area contributed by atoms with Gasteiger partial charge in [0.25, 0.3) is 0 Å². The summed E-state index contributed by atoms with van der Waals surface area (Å²) in [5, 5.41) is 17.3. The maximum Gasteiger partial charge on any atom is 0.337 e. The third-order valence-electron chi connectivity index (χ3n) is 3.34. The van der Waals surface area contributed by atoms with E-state index in [9.17, 15) is 9.90 Å². The van der Waals surface area contributed by atoms with Crippen molar-refractivity contribution < 1.29 is 9.90 Å². The van der Waals surface area contributed by atoms with Gasteiger partial charge >= 0.3 is 5.97 Å². The minimum atomic E-state index is -0.955. The number of carbonyl (C=O) groups is 1. The Kier molecular flexibility index (Phi) is 3.35. The molecule has 3 rings (SSSR count). The smallest absolute Gasteiger partial charge is 0.337 e. The van der Waals surface area contributed by atoms with E-state index in [1.54, 1.807) is 18.3 Å². The molecule has 2 aromatic heterocycles. The Bertz CT molecular complexity index is 796. The molecule has 0 saturated carbocycles. The number of aromatic carboxylic acids is 1. The molecule has 0 saturated heterocycles. The van der Waals surface area contributed by atoms with Crippen LogP contribution in [0.3, 0.4) is 0 Å². The quantitative estimate of drug-likeness (QED) is 0.792. The van der Waals surface area contributed by atoms with Crippen LogP contribution in [0.1, 0.15) is 28.8 Å². The summed E-state index contributed by atoms with van der Waals surface area (Å²) in [6.07, 6.45) is 2.33. The van der Waals surface area contributed by atoms with E-state index in [-0.39, 0.29) is 5.56 Å². The average Bonchev–Trinajstić information content (AvgIpc) is 2.86. The lowest BCUT2D eigenvalue weighted by molar-refractivity contribution is 0.0698. The van der Waals surface area contributed by atoms with Crippen molar-refractivity contribution in [2.75, 3.05) is 0 Å². The minimum Gasteiger partial charge on any atom is -0.478 e. The van der Waals surface area contributed by atoms with Gasteiger partial charge in [-0.3, -0.25) is 0 Å². The molecule has 6 heteroatoms. The summed E-state index contributed by atoms with van der Waals surface area (Å²) >= 11 is 0. The Hall–Kier alpha value is -2.76. The maximum atomic E-state index is 11.4. The Morgan fingerprint density at radius 2 is 2.14 bits per heavy atom. The van der Waals surface area contributed by atoms with Gasteiger partial charge in [-0.05, 0) is 24.3 Å². The second-order valence-corrected chi connectivity index (χ2v) is 4.66. The van der Waals surface area contributed by atoms with Gasteiger partial charge in [-0.25, -0.2) is 9.78 Å². The number of fused-ring (bicyclic) bond motifs is 1. The van der Waals surface area contributed by atoms with Gasteiger partial charge in [0.1, 0.15) is 5.82 Å². The predicted octanol–water partition coefficient (Wildman–Crippen LogP) is 2.14. The number of rotatable bonds is 4. The highest BCUT2D eigenvalue weighted by Crippen LogP contribution is 2.22. The van der Waals surface area contributed by atoms with Crippen molar-refractivity contribution in [3.63, 3.8) is 0 Å². The average molecular weight is 282 g/mol. The van der Waals surface area contributed by atoms with Crippen molar-refractivity contribution >= 4 is 17.0 Å². The number of imidazole rings is 1. The number of aryl methyl sites for hydroxylation is 1. The van der Waals surface area contributed by atoms with Crippen LogP contribution in [0.25, 0.3) is 11.0 Å². The Labute approximate surface area is 121 Å². The first kappa shape index (κ1) is 13.2. The first-order valence-corrected chi connectivity index (χ1v) is 6.68. The lowest BCUT2D eigenvalue weighted by Crippen LogP contribution is -2.09. The van der Waals surface area contributed by atoms with Gasteiger partial charge in [0.2, 0.25) is 0 Å². The van der Waals surface area contributed by atoms with Crippen molar-refractivity contribution in [1.29, 1.82) is 0 Å². The fourth-order valence-corrected chi connectivity index (χ4v) is 2.43. The summed E-state index contributed by atoms with van der Waals surface area (Å²) in [6, 6.07) is 8.81. The van der Waals surface area contributed by atoms with Crippen molar-refractivity contribution in [1.82, 2.24) is 19.7 Å². The van der Waals surface area contributed by atoms with E-state index in [1.807, 2.05) is 29.7 Å². The van der Waals surface area contributed by atoms with E-state index in [0.717, 1.165) is 11.5 Å². The monoisotopic (exact) mass is 282 g/mol. The summed E-state index contributed by atoms with van der Waals surface area (Å²) in [7, 11) is 0. The molecule has 6 nitrogen and oxygen atoms in total. The molecule has 3 aromatic rings. The Balaban J connectivity index is 2.21. The van der Waals surface area contributed by atoms with Gasteiger partial charge in [-0.1, -0.05) is 13.0 Å². The lowest BCUT2D eigenvalue weighted by atomic mass is 10.2. The first-order chi connectivity index (χ1) is 10.2. The molecule has 2 heterocycles. The van der Waals surface area contributed by atoms with Gasteiger partial charge in [0.15, 0.2) is 0 Å². The van der Waals surface area contributed by atoms with Gasteiger partial charge in [0, 0.05) is 12.6 Å². The van der Waals surface area contributed by atoms with Crippen LogP contribution in [-0.4, -0.2) is 30.8 Å². The second-order valence-electron chi connectivity index (χ2n) is 4.66. The third-order valence-corrected chi connectivity index (χ3v) is 3.34. The number of carboxylic acid groups (broad SMARTS) is 1. The minimum absolute atomic E-state index is 0.253. The summed E-state index contributed by atoms with van der Waals surface area (Å²) in [4.78, 5) is 16.0. The molecule has 21 heavy (non-hydrogen) atoms. The molecular weight excluding hydrogens is 268 g/mol. The zero-order valence-electron chi connectivity index (χ0n) is 11.5. The lowest BCUT2D eigenvalue weighted by Gasteiger charge is -2.08. The Morgan fingerprint density at radius 1 is 1.29 bits per heavy atom. The molecule has 0 aliphatic heterocycles. The predicted molar refractivity (Wildman–Crippen MR) is 77.2 cm³/mol. The molecule has 0 aliphatic rings. The number of carboxylic acids is 1. The van der Waals surface area contributed by atoms with E-state index in [0.29, 0.717) is 24.0 Å². The number of aromatic nitrogens is 4. The molecule has 0 unspecified atom stereocenters. The molecule has 0 aliphatic carbocycles. The van der Waals surface area contributed by atoms with Crippen molar-refractivity contribution in [2.24, 2.45) is 0 Å². The van der Waals surface area contributed by atoms with Gasteiger partial charge < -0.3 is 9.67 Å². The number of nitrogens with zero attached hydrogens (tertiary/aromatic N) is 4. The summed E-state index contributed by atoms with van der Waals surface area (Å²) < 4.78 is 1.91. The van der Waals surface area contributed by atoms with Crippen LogP contribution in [0, 0.1) is 0 Å². The highest BCUT2D eigenvalue weighted by Gasteiger charge is 2.17. The molecule has 0 amide bonds. The Morgan fingerprint density at radius 3 is 2.81 bits per heavy atom. The number of hydrogen-bond donors (Lipinski definition) is 1. The van der Waals surface area contributed by atoms with Crippen LogP contribution in [0.4, 0.5) is 0 Å². The summed E-state index contributed by atoms with van der Waals surface area (Å²) in [6.45, 7) is 2.45. The largest absolute Gasteiger partial charge is 0.478 e. The molecule has 0 bridgehead atoms. The molecule has 106 valence electrons. The molecule has 0 spiro atoms. The van der Waals surface area contributed by atoms with E-state index in [4.69, 9.17) is 0 Å². The van der Waals surface area contributed by atoms with Crippen molar-refractivity contribution in [2.45, 2.75) is 19.9 Å². The number of para-hydroxylation sites is 1. The van der Waals surface area contributed by atoms with Gasteiger partial charge in [-0.15, -0.1) is 0 Å². The maximum absolute atomic E-state index is 11.4. The van der Waals surface area contributed by atoms with Crippen LogP contribution < -0.4 is 0 Å². The van der Waals surface area contributed by atoms with E-state index >= 15 is 0 Å². The second kappa shape index (κ2) is 5.32. The zero-order valence-corrected chi connectivity index (χ0v) is 11.5. The van der Waals surface area contributed by atoms with Crippen molar-refractivity contribution in [3.05, 3.63) is 53.6 Å². The highest BCUT2D eigenvalue weighted by atomic mass is 16.4. The fraction of sp³-hybridized carbons (Fsp3) is 0.200. The molecule has 0 atom stereocenters. The van der Waals surface area contributed by atoms with Gasteiger partial charge in [-0.2, -0.15) is 10.2 Å². The van der Waals surface area contributed by atoms with Crippen LogP contribution in [0.15, 0.2) is 36.5 Å². The van der Waals surface area contributed by atoms with E-state index in [1.165, 1.54) is 0 Å². The molecule has 0 fully saturated rings. The fourth-order valence-electron chi connectivity index (χ4n) is 2.43. The standard InChI is InChI=1S/C15H14N4O2/c1-2-13-17-12-7-3-6-11(15(20)21)14(12)19(13)9-10-5-4-8-16-18-10/h3-8H,2,9H2,1H3,(H,20,21). The molecule has 1 aromatic carbocycles. The zero-order chi connectivity index (χ0) is 14.8. The topological polar surface area (TPSA) is 80.9 Å². The highest BCUT2D eigenvalue weighted by molar-refractivity contribution is 6.01. The SMILES string of the molecule is CCc1nc2cccc(C(=O)O)c2n1Cc1cccnn1. The molecule has 1 N–H and O–H groups in total. The molecular formula is C15H14N4O2. The molecule has 0 radical (unpaired) electrons. The summed E-state index contributed by atoms with van der Waals surface area (Å²) in [5.41, 5.74) is 2.35. The van der Waals surface area contributed by atoms with Crippen LogP contribution >= 0.6 is 0 Å². The van der Waals surface area contributed by atoms with Gasteiger partial charge in [0.05, 0.1) is 28.8 Å².